The van der Waals surface area contributed by atoms with E-state index in [-0.39, 0.29) is 5.78 Å². The molecule has 0 aliphatic carbocycles. The van der Waals surface area contributed by atoms with Crippen molar-refractivity contribution in [3.8, 4) is 5.75 Å². The Hall–Kier alpha value is -1.88. The number of methoxy groups -OCH3 is 1. The van der Waals surface area contributed by atoms with Crippen LogP contribution in [-0.4, -0.2) is 30.0 Å². The number of ketones is 1. The predicted molar refractivity (Wildman–Crippen MR) is 66.9 cm³/mol. The number of carbonyl (C=O) groups is 2. The minimum absolute atomic E-state index is 0.0369. The monoisotopic (exact) mass is 251 g/mol. The van der Waals surface area contributed by atoms with Crippen LogP contribution in [-0.2, 0) is 11.3 Å². The van der Waals surface area contributed by atoms with E-state index in [9.17, 15) is 9.59 Å². The quantitative estimate of drug-likeness (QED) is 0.749. The Morgan fingerprint density at radius 2 is 2.11 bits per heavy atom. The van der Waals surface area contributed by atoms with Gasteiger partial charge in [0.1, 0.15) is 11.8 Å². The molecular weight excluding hydrogens is 234 g/mol. The standard InChI is InChI=1S/C13H17NO4/c1-8(13(16)17)14-7-11-6-10(9(2)15)4-5-12(11)18-3/h4-6,8,14H,7H2,1-3H3,(H,16,17). The molecule has 18 heavy (non-hydrogen) atoms. The molecule has 0 bridgehead atoms. The molecule has 1 unspecified atom stereocenters. The van der Waals surface area contributed by atoms with Gasteiger partial charge < -0.3 is 15.2 Å². The van der Waals surface area contributed by atoms with Gasteiger partial charge in [-0.05, 0) is 32.0 Å². The topological polar surface area (TPSA) is 75.6 Å². The number of hydrogen-bond acceptors (Lipinski definition) is 4. The van der Waals surface area contributed by atoms with Crippen molar-refractivity contribution in [2.24, 2.45) is 0 Å². The highest BCUT2D eigenvalue weighted by atomic mass is 16.5. The minimum Gasteiger partial charge on any atom is -0.496 e. The minimum atomic E-state index is -0.920. The lowest BCUT2D eigenvalue weighted by Crippen LogP contribution is -2.33. The molecule has 2 N–H and O–H groups in total. The van der Waals surface area contributed by atoms with E-state index in [0.717, 1.165) is 5.56 Å². The molecule has 0 radical (unpaired) electrons. The second kappa shape index (κ2) is 6.16. The Kier molecular flexibility index (Phi) is 4.85. The van der Waals surface area contributed by atoms with Crippen molar-refractivity contribution in [1.82, 2.24) is 5.32 Å². The van der Waals surface area contributed by atoms with Crippen molar-refractivity contribution in [2.75, 3.05) is 7.11 Å². The van der Waals surface area contributed by atoms with Crippen LogP contribution in [0.2, 0.25) is 0 Å². The number of benzene rings is 1. The fraction of sp³-hybridized carbons (Fsp3) is 0.385. The first-order valence-electron chi connectivity index (χ1n) is 5.59. The van der Waals surface area contributed by atoms with Crippen LogP contribution < -0.4 is 10.1 Å². The molecule has 0 fully saturated rings. The molecule has 98 valence electrons. The highest BCUT2D eigenvalue weighted by molar-refractivity contribution is 5.94. The van der Waals surface area contributed by atoms with Crippen molar-refractivity contribution in [3.63, 3.8) is 0 Å². The highest BCUT2D eigenvalue weighted by Crippen LogP contribution is 2.20. The molecule has 1 atom stereocenters. The average molecular weight is 251 g/mol. The molecule has 0 saturated carbocycles. The van der Waals surface area contributed by atoms with Gasteiger partial charge in [-0.25, -0.2) is 0 Å². The summed E-state index contributed by atoms with van der Waals surface area (Å²) >= 11 is 0. The van der Waals surface area contributed by atoms with E-state index in [1.54, 1.807) is 25.1 Å². The summed E-state index contributed by atoms with van der Waals surface area (Å²) in [4.78, 5) is 22.0. The molecule has 0 saturated heterocycles. The molecule has 5 heteroatoms. The third-order valence-corrected chi connectivity index (χ3v) is 2.66. The zero-order valence-corrected chi connectivity index (χ0v) is 10.7. The molecule has 0 spiro atoms. The number of carbonyl (C=O) groups excluding carboxylic acids is 1. The van der Waals surface area contributed by atoms with Crippen molar-refractivity contribution < 1.29 is 19.4 Å². The fourth-order valence-corrected chi connectivity index (χ4v) is 1.49. The lowest BCUT2D eigenvalue weighted by molar-refractivity contribution is -0.139. The normalized spacial score (nSPS) is 11.9. The number of nitrogens with one attached hydrogen (secondary N) is 1. The summed E-state index contributed by atoms with van der Waals surface area (Å²) < 4.78 is 5.17. The van der Waals surface area contributed by atoms with E-state index in [0.29, 0.717) is 17.9 Å². The summed E-state index contributed by atoms with van der Waals surface area (Å²) in [5, 5.41) is 11.6. The third-order valence-electron chi connectivity index (χ3n) is 2.66. The van der Waals surface area contributed by atoms with Gasteiger partial charge in [-0.1, -0.05) is 0 Å². The molecule has 5 nitrogen and oxygen atoms in total. The zero-order chi connectivity index (χ0) is 13.7. The van der Waals surface area contributed by atoms with Gasteiger partial charge in [0.2, 0.25) is 0 Å². The van der Waals surface area contributed by atoms with Gasteiger partial charge in [-0.2, -0.15) is 0 Å². The largest absolute Gasteiger partial charge is 0.496 e. The molecular formula is C13H17NO4. The average Bonchev–Trinajstić information content (AvgIpc) is 2.35. The first-order valence-corrected chi connectivity index (χ1v) is 5.59. The summed E-state index contributed by atoms with van der Waals surface area (Å²) in [5.41, 5.74) is 1.34. The summed E-state index contributed by atoms with van der Waals surface area (Å²) in [6, 6.07) is 4.45. The van der Waals surface area contributed by atoms with Gasteiger partial charge in [0.25, 0.3) is 0 Å². The Labute approximate surface area is 106 Å². The zero-order valence-electron chi connectivity index (χ0n) is 10.7. The van der Waals surface area contributed by atoms with Crippen molar-refractivity contribution >= 4 is 11.8 Å². The van der Waals surface area contributed by atoms with Crippen molar-refractivity contribution in [2.45, 2.75) is 26.4 Å². The molecule has 0 amide bonds. The van der Waals surface area contributed by atoms with Gasteiger partial charge in [0, 0.05) is 17.7 Å². The Balaban J connectivity index is 2.88. The summed E-state index contributed by atoms with van der Waals surface area (Å²) in [7, 11) is 1.53. The van der Waals surface area contributed by atoms with Gasteiger partial charge in [-0.3, -0.25) is 9.59 Å². The van der Waals surface area contributed by atoms with E-state index in [4.69, 9.17) is 9.84 Å². The molecule has 1 rings (SSSR count). The molecule has 0 aromatic heterocycles. The predicted octanol–water partition coefficient (Wildman–Crippen LogP) is 1.46. The number of carboxylic acid groups (broad SMARTS) is 1. The molecule has 1 aromatic carbocycles. The summed E-state index contributed by atoms with van der Waals surface area (Å²) in [6.45, 7) is 3.38. The summed E-state index contributed by atoms with van der Waals surface area (Å²) in [6.07, 6.45) is 0. The molecule has 0 aliphatic rings. The van der Waals surface area contributed by atoms with Crippen LogP contribution in [0.3, 0.4) is 0 Å². The van der Waals surface area contributed by atoms with E-state index >= 15 is 0 Å². The number of carboxylic acids is 1. The number of hydrogen-bond donors (Lipinski definition) is 2. The van der Waals surface area contributed by atoms with Crippen LogP contribution in [0.5, 0.6) is 5.75 Å². The summed E-state index contributed by atoms with van der Waals surface area (Å²) in [5.74, 6) is -0.327. The lowest BCUT2D eigenvalue weighted by atomic mass is 10.1. The first kappa shape index (κ1) is 14.2. The fourth-order valence-electron chi connectivity index (χ4n) is 1.49. The molecule has 0 aliphatic heterocycles. The van der Waals surface area contributed by atoms with E-state index < -0.39 is 12.0 Å². The number of rotatable bonds is 6. The van der Waals surface area contributed by atoms with Crippen LogP contribution in [0, 0.1) is 0 Å². The number of aliphatic carboxylic acids is 1. The highest BCUT2D eigenvalue weighted by Gasteiger charge is 2.12. The molecule has 1 aromatic rings. The van der Waals surface area contributed by atoms with Crippen LogP contribution in [0.25, 0.3) is 0 Å². The maximum atomic E-state index is 11.3. The van der Waals surface area contributed by atoms with Gasteiger partial charge in [-0.15, -0.1) is 0 Å². The van der Waals surface area contributed by atoms with Crippen LogP contribution in [0.1, 0.15) is 29.8 Å². The maximum Gasteiger partial charge on any atom is 0.320 e. The van der Waals surface area contributed by atoms with Crippen LogP contribution in [0.4, 0.5) is 0 Å². The maximum absolute atomic E-state index is 11.3. The Morgan fingerprint density at radius 3 is 2.61 bits per heavy atom. The van der Waals surface area contributed by atoms with Gasteiger partial charge in [0.15, 0.2) is 5.78 Å². The second-order valence-corrected chi connectivity index (χ2v) is 4.02. The van der Waals surface area contributed by atoms with E-state index in [1.165, 1.54) is 14.0 Å². The van der Waals surface area contributed by atoms with Crippen LogP contribution >= 0.6 is 0 Å². The lowest BCUT2D eigenvalue weighted by Gasteiger charge is -2.13. The Morgan fingerprint density at radius 1 is 1.44 bits per heavy atom. The van der Waals surface area contributed by atoms with Crippen molar-refractivity contribution in [1.29, 1.82) is 0 Å². The number of Topliss-reactive ketones (excluding diaryl/α,β-unsaturated/α-hetero) is 1. The van der Waals surface area contributed by atoms with Crippen molar-refractivity contribution in [3.05, 3.63) is 29.3 Å². The Bertz CT molecular complexity index is 456. The number of ether oxygens (including phenoxy) is 1. The van der Waals surface area contributed by atoms with E-state index in [1.807, 2.05) is 0 Å². The molecule has 0 heterocycles. The third kappa shape index (κ3) is 3.56. The van der Waals surface area contributed by atoms with E-state index in [2.05, 4.69) is 5.32 Å². The van der Waals surface area contributed by atoms with Gasteiger partial charge >= 0.3 is 5.97 Å². The van der Waals surface area contributed by atoms with Gasteiger partial charge in [0.05, 0.1) is 7.11 Å². The first-order chi connectivity index (χ1) is 8.45. The SMILES string of the molecule is COc1ccc(C(C)=O)cc1CNC(C)C(=O)O. The van der Waals surface area contributed by atoms with Crippen LogP contribution in [0.15, 0.2) is 18.2 Å². The second-order valence-electron chi connectivity index (χ2n) is 4.02. The smallest absolute Gasteiger partial charge is 0.320 e.